The van der Waals surface area contributed by atoms with Crippen LogP contribution in [0.2, 0.25) is 10.0 Å². The molecule has 0 radical (unpaired) electrons. The zero-order valence-electron chi connectivity index (χ0n) is 12.9. The van der Waals surface area contributed by atoms with Crippen LogP contribution in [0.4, 0.5) is 5.69 Å². The number of hydrogen-bond acceptors (Lipinski definition) is 3. The normalized spacial score (nSPS) is 11.0. The highest BCUT2D eigenvalue weighted by Gasteiger charge is 2.08. The van der Waals surface area contributed by atoms with Crippen LogP contribution in [-0.4, -0.2) is 11.2 Å². The summed E-state index contributed by atoms with van der Waals surface area (Å²) in [4.78, 5) is 5.87. The van der Waals surface area contributed by atoms with E-state index in [1.54, 1.807) is 11.8 Å². The summed E-state index contributed by atoms with van der Waals surface area (Å²) in [5.74, 6) is 0. The van der Waals surface area contributed by atoms with E-state index in [0.29, 0.717) is 16.6 Å². The molecular formula is C18H16Cl2N2S. The van der Waals surface area contributed by atoms with Gasteiger partial charge in [0.05, 0.1) is 15.6 Å². The molecule has 2 aromatic carbocycles. The van der Waals surface area contributed by atoms with Gasteiger partial charge in [0.1, 0.15) is 0 Å². The van der Waals surface area contributed by atoms with Crippen molar-refractivity contribution in [1.29, 1.82) is 0 Å². The van der Waals surface area contributed by atoms with Gasteiger partial charge in [-0.15, -0.1) is 11.8 Å². The molecule has 0 aliphatic heterocycles. The standard InChI is InChI=1S/C18H16Cl2N2S/c1-11-8-16(13-4-3-5-17(23-2)18(13)22-11)21-10-12-6-7-14(19)15(20)9-12/h3-9H,10H2,1-2H3,(H,21,22). The van der Waals surface area contributed by atoms with Gasteiger partial charge in [-0.05, 0) is 43.0 Å². The van der Waals surface area contributed by atoms with Crippen molar-refractivity contribution < 1.29 is 0 Å². The van der Waals surface area contributed by atoms with Gasteiger partial charge < -0.3 is 5.32 Å². The number of aromatic nitrogens is 1. The van der Waals surface area contributed by atoms with Gasteiger partial charge in [-0.3, -0.25) is 4.98 Å². The molecule has 0 bridgehead atoms. The summed E-state index contributed by atoms with van der Waals surface area (Å²) < 4.78 is 0. The maximum Gasteiger partial charge on any atom is 0.0861 e. The Bertz CT molecular complexity index is 865. The number of thioether (sulfide) groups is 1. The van der Waals surface area contributed by atoms with Crippen LogP contribution in [0.5, 0.6) is 0 Å². The number of para-hydroxylation sites is 1. The van der Waals surface area contributed by atoms with Crippen LogP contribution >= 0.6 is 35.0 Å². The molecule has 0 aliphatic rings. The van der Waals surface area contributed by atoms with Crippen molar-refractivity contribution in [2.75, 3.05) is 11.6 Å². The number of benzene rings is 2. The van der Waals surface area contributed by atoms with Crippen molar-refractivity contribution in [3.63, 3.8) is 0 Å². The predicted molar refractivity (Wildman–Crippen MR) is 102 cm³/mol. The van der Waals surface area contributed by atoms with Gasteiger partial charge in [-0.25, -0.2) is 0 Å². The summed E-state index contributed by atoms with van der Waals surface area (Å²) in [5.41, 5.74) is 4.20. The topological polar surface area (TPSA) is 24.9 Å². The summed E-state index contributed by atoms with van der Waals surface area (Å²) in [6.07, 6.45) is 2.07. The molecule has 3 aromatic rings. The van der Waals surface area contributed by atoms with Crippen molar-refractivity contribution in [3.05, 3.63) is 63.8 Å². The highest BCUT2D eigenvalue weighted by atomic mass is 35.5. The Hall–Kier alpha value is -1.42. The second-order valence-electron chi connectivity index (χ2n) is 5.27. The number of anilines is 1. The third-order valence-electron chi connectivity index (χ3n) is 3.62. The Morgan fingerprint density at radius 2 is 1.91 bits per heavy atom. The van der Waals surface area contributed by atoms with E-state index in [1.807, 2.05) is 25.1 Å². The quantitative estimate of drug-likeness (QED) is 0.560. The summed E-state index contributed by atoms with van der Waals surface area (Å²) >= 11 is 13.8. The SMILES string of the molecule is CSc1cccc2c(NCc3ccc(Cl)c(Cl)c3)cc(C)nc12. The largest absolute Gasteiger partial charge is 0.380 e. The molecule has 0 saturated carbocycles. The van der Waals surface area contributed by atoms with Crippen LogP contribution in [0.15, 0.2) is 47.4 Å². The van der Waals surface area contributed by atoms with E-state index < -0.39 is 0 Å². The van der Waals surface area contributed by atoms with Crippen LogP contribution < -0.4 is 5.32 Å². The summed E-state index contributed by atoms with van der Waals surface area (Å²) in [7, 11) is 0. The summed E-state index contributed by atoms with van der Waals surface area (Å²) in [6, 6.07) is 14.0. The lowest BCUT2D eigenvalue weighted by molar-refractivity contribution is 1.14. The van der Waals surface area contributed by atoms with E-state index in [4.69, 9.17) is 23.2 Å². The fraction of sp³-hybridized carbons (Fsp3) is 0.167. The molecule has 0 aliphatic carbocycles. The highest BCUT2D eigenvalue weighted by Crippen LogP contribution is 2.30. The number of hydrogen-bond donors (Lipinski definition) is 1. The Morgan fingerprint density at radius 1 is 1.09 bits per heavy atom. The lowest BCUT2D eigenvalue weighted by atomic mass is 10.1. The summed E-state index contributed by atoms with van der Waals surface area (Å²) in [6.45, 7) is 2.69. The minimum absolute atomic E-state index is 0.574. The van der Waals surface area contributed by atoms with Crippen LogP contribution in [-0.2, 0) is 6.54 Å². The Labute approximate surface area is 150 Å². The molecule has 1 aromatic heterocycles. The zero-order valence-corrected chi connectivity index (χ0v) is 15.2. The van der Waals surface area contributed by atoms with E-state index in [0.717, 1.165) is 27.8 Å². The third kappa shape index (κ3) is 3.57. The highest BCUT2D eigenvalue weighted by molar-refractivity contribution is 7.98. The lowest BCUT2D eigenvalue weighted by Gasteiger charge is -2.13. The van der Waals surface area contributed by atoms with E-state index in [9.17, 15) is 0 Å². The fourth-order valence-electron chi connectivity index (χ4n) is 2.51. The maximum atomic E-state index is 6.08. The fourth-order valence-corrected chi connectivity index (χ4v) is 3.39. The molecule has 3 rings (SSSR count). The molecule has 23 heavy (non-hydrogen) atoms. The first-order valence-electron chi connectivity index (χ1n) is 7.20. The smallest absolute Gasteiger partial charge is 0.0861 e. The van der Waals surface area contributed by atoms with Crippen LogP contribution in [0.25, 0.3) is 10.9 Å². The molecule has 0 saturated heterocycles. The Morgan fingerprint density at radius 3 is 2.65 bits per heavy atom. The van der Waals surface area contributed by atoms with Crippen LogP contribution in [0, 0.1) is 6.92 Å². The number of aryl methyl sites for hydroxylation is 1. The minimum Gasteiger partial charge on any atom is -0.380 e. The predicted octanol–water partition coefficient (Wildman–Crippen LogP) is 6.18. The third-order valence-corrected chi connectivity index (χ3v) is 5.13. The second kappa shape index (κ2) is 7.00. The van der Waals surface area contributed by atoms with Gasteiger partial charge in [0, 0.05) is 28.2 Å². The Kier molecular flexibility index (Phi) is 5.00. The van der Waals surface area contributed by atoms with Gasteiger partial charge >= 0.3 is 0 Å². The van der Waals surface area contributed by atoms with Crippen LogP contribution in [0.1, 0.15) is 11.3 Å². The average molecular weight is 363 g/mol. The van der Waals surface area contributed by atoms with Crippen molar-refractivity contribution >= 4 is 51.6 Å². The Balaban J connectivity index is 1.94. The molecule has 2 nitrogen and oxygen atoms in total. The van der Waals surface area contributed by atoms with E-state index in [2.05, 4.69) is 40.8 Å². The minimum atomic E-state index is 0.574. The van der Waals surface area contributed by atoms with Gasteiger partial charge in [0.2, 0.25) is 0 Å². The lowest BCUT2D eigenvalue weighted by Crippen LogP contribution is -2.01. The first-order chi connectivity index (χ1) is 11.1. The summed E-state index contributed by atoms with van der Waals surface area (Å²) in [5, 5.41) is 5.77. The molecule has 118 valence electrons. The maximum absolute atomic E-state index is 6.08. The van der Waals surface area contributed by atoms with E-state index in [-0.39, 0.29) is 0 Å². The number of rotatable bonds is 4. The molecule has 0 spiro atoms. The van der Waals surface area contributed by atoms with Crippen LogP contribution in [0.3, 0.4) is 0 Å². The molecular weight excluding hydrogens is 347 g/mol. The van der Waals surface area contributed by atoms with Gasteiger partial charge in [0.15, 0.2) is 0 Å². The van der Waals surface area contributed by atoms with Crippen molar-refractivity contribution in [2.45, 2.75) is 18.4 Å². The molecule has 0 amide bonds. The average Bonchev–Trinajstić information content (AvgIpc) is 2.55. The van der Waals surface area contributed by atoms with E-state index in [1.165, 1.54) is 4.90 Å². The monoisotopic (exact) mass is 362 g/mol. The van der Waals surface area contributed by atoms with Crippen molar-refractivity contribution in [3.8, 4) is 0 Å². The second-order valence-corrected chi connectivity index (χ2v) is 6.93. The number of nitrogens with one attached hydrogen (secondary N) is 1. The zero-order chi connectivity index (χ0) is 16.4. The van der Waals surface area contributed by atoms with Gasteiger partial charge in [-0.2, -0.15) is 0 Å². The first kappa shape index (κ1) is 16.4. The van der Waals surface area contributed by atoms with Gasteiger partial charge in [-0.1, -0.05) is 41.4 Å². The molecule has 0 fully saturated rings. The molecule has 1 heterocycles. The van der Waals surface area contributed by atoms with Crippen molar-refractivity contribution in [2.24, 2.45) is 0 Å². The first-order valence-corrected chi connectivity index (χ1v) is 9.18. The molecule has 0 atom stereocenters. The number of nitrogens with zero attached hydrogens (tertiary/aromatic N) is 1. The molecule has 0 unspecified atom stereocenters. The number of fused-ring (bicyclic) bond motifs is 1. The number of halogens is 2. The van der Waals surface area contributed by atoms with E-state index >= 15 is 0 Å². The number of pyridine rings is 1. The van der Waals surface area contributed by atoms with Gasteiger partial charge in [0.25, 0.3) is 0 Å². The molecule has 1 N–H and O–H groups in total. The van der Waals surface area contributed by atoms with Crippen molar-refractivity contribution in [1.82, 2.24) is 4.98 Å². The molecule has 5 heteroatoms.